The van der Waals surface area contributed by atoms with Crippen LogP contribution < -0.4 is 11.1 Å². The van der Waals surface area contributed by atoms with Gasteiger partial charge in [0.2, 0.25) is 5.91 Å². The molecule has 72 valence electrons. The second-order valence-electron chi connectivity index (χ2n) is 2.97. The Morgan fingerprint density at radius 2 is 2.25 bits per heavy atom. The maximum absolute atomic E-state index is 11.0. The molecule has 0 saturated heterocycles. The number of hydrogen-bond donors (Lipinski definition) is 2. The summed E-state index contributed by atoms with van der Waals surface area (Å²) in [5, 5.41) is 3.05. The summed E-state index contributed by atoms with van der Waals surface area (Å²) in [6.07, 6.45) is 0.687. The first-order valence-electron chi connectivity index (χ1n) is 4.10. The Morgan fingerprint density at radius 3 is 2.58 bits per heavy atom. The number of rotatable bonds is 6. The monoisotopic (exact) mass is 174 g/mol. The van der Waals surface area contributed by atoms with E-state index in [1.165, 1.54) is 0 Å². The van der Waals surface area contributed by atoms with E-state index in [9.17, 15) is 4.79 Å². The van der Waals surface area contributed by atoms with Crippen molar-refractivity contribution in [2.45, 2.75) is 25.8 Å². The highest BCUT2D eigenvalue weighted by molar-refractivity contribution is 5.84. The van der Waals surface area contributed by atoms with Gasteiger partial charge in [0.05, 0.1) is 12.1 Å². The Labute approximate surface area is 73.5 Å². The third-order valence-corrected chi connectivity index (χ3v) is 2.07. The molecule has 0 heterocycles. The van der Waals surface area contributed by atoms with Crippen LogP contribution >= 0.6 is 0 Å². The molecule has 0 aliphatic carbocycles. The van der Waals surface area contributed by atoms with Crippen molar-refractivity contribution in [1.29, 1.82) is 0 Å². The number of carbonyl (C=O) groups is 1. The van der Waals surface area contributed by atoms with Gasteiger partial charge in [-0.3, -0.25) is 4.79 Å². The molecule has 0 rings (SSSR count). The fourth-order valence-electron chi connectivity index (χ4n) is 0.815. The number of nitrogens with one attached hydrogen (secondary N) is 1. The molecule has 0 fully saturated rings. The van der Waals surface area contributed by atoms with Gasteiger partial charge in [-0.1, -0.05) is 6.92 Å². The van der Waals surface area contributed by atoms with Gasteiger partial charge in [0, 0.05) is 13.7 Å². The summed E-state index contributed by atoms with van der Waals surface area (Å²) in [4.78, 5) is 11.0. The Balaban J connectivity index is 3.88. The number of nitrogens with two attached hydrogens (primary N) is 1. The zero-order chi connectivity index (χ0) is 9.61. The Kier molecular flexibility index (Phi) is 4.85. The summed E-state index contributed by atoms with van der Waals surface area (Å²) in [5.41, 5.74) is 4.62. The Morgan fingerprint density at radius 1 is 1.67 bits per heavy atom. The summed E-state index contributed by atoms with van der Waals surface area (Å²) in [7, 11) is 1.62. The highest BCUT2D eigenvalue weighted by atomic mass is 16.5. The third kappa shape index (κ3) is 3.19. The standard InChI is InChI=1S/C8H18N2O2/c1-4-8(2,7(9)11)10-5-6-12-3/h10H,4-6H2,1-3H3,(H2,9,11). The molecule has 0 bridgehead atoms. The number of carbonyl (C=O) groups excluding carboxylic acids is 1. The lowest BCUT2D eigenvalue weighted by Crippen LogP contribution is -2.53. The Bertz CT molecular complexity index is 150. The molecular formula is C8H18N2O2. The SMILES string of the molecule is CCC(C)(NCCOC)C(N)=O. The van der Waals surface area contributed by atoms with Crippen LogP contribution in [0.15, 0.2) is 0 Å². The topological polar surface area (TPSA) is 64.3 Å². The van der Waals surface area contributed by atoms with E-state index in [2.05, 4.69) is 5.32 Å². The van der Waals surface area contributed by atoms with Gasteiger partial charge in [-0.2, -0.15) is 0 Å². The number of hydrogen-bond acceptors (Lipinski definition) is 3. The number of methoxy groups -OCH3 is 1. The quantitative estimate of drug-likeness (QED) is 0.552. The molecule has 1 amide bonds. The van der Waals surface area contributed by atoms with Gasteiger partial charge in [0.25, 0.3) is 0 Å². The van der Waals surface area contributed by atoms with Crippen molar-refractivity contribution in [2.24, 2.45) is 5.73 Å². The van der Waals surface area contributed by atoms with Crippen molar-refractivity contribution in [3.8, 4) is 0 Å². The van der Waals surface area contributed by atoms with E-state index in [1.54, 1.807) is 14.0 Å². The van der Waals surface area contributed by atoms with E-state index in [-0.39, 0.29) is 5.91 Å². The lowest BCUT2D eigenvalue weighted by molar-refractivity contribution is -0.124. The average Bonchev–Trinajstić information content (AvgIpc) is 2.04. The van der Waals surface area contributed by atoms with Crippen LogP contribution in [0.3, 0.4) is 0 Å². The van der Waals surface area contributed by atoms with Crippen LogP contribution in [0.2, 0.25) is 0 Å². The van der Waals surface area contributed by atoms with E-state index in [0.29, 0.717) is 19.6 Å². The minimum absolute atomic E-state index is 0.318. The van der Waals surface area contributed by atoms with E-state index < -0.39 is 5.54 Å². The maximum atomic E-state index is 11.0. The van der Waals surface area contributed by atoms with Gasteiger partial charge < -0.3 is 15.8 Å². The number of ether oxygens (including phenoxy) is 1. The van der Waals surface area contributed by atoms with Gasteiger partial charge in [-0.15, -0.1) is 0 Å². The third-order valence-electron chi connectivity index (χ3n) is 2.07. The zero-order valence-electron chi connectivity index (χ0n) is 8.02. The second kappa shape index (κ2) is 5.11. The van der Waals surface area contributed by atoms with Crippen molar-refractivity contribution < 1.29 is 9.53 Å². The highest BCUT2D eigenvalue weighted by Gasteiger charge is 2.27. The molecule has 12 heavy (non-hydrogen) atoms. The predicted molar refractivity (Wildman–Crippen MR) is 47.8 cm³/mol. The molecule has 3 N–H and O–H groups in total. The smallest absolute Gasteiger partial charge is 0.237 e. The van der Waals surface area contributed by atoms with Gasteiger partial charge in [0.1, 0.15) is 0 Å². The second-order valence-corrected chi connectivity index (χ2v) is 2.97. The molecule has 4 nitrogen and oxygen atoms in total. The zero-order valence-corrected chi connectivity index (χ0v) is 8.02. The largest absolute Gasteiger partial charge is 0.383 e. The first kappa shape index (κ1) is 11.4. The van der Waals surface area contributed by atoms with Crippen molar-refractivity contribution in [3.63, 3.8) is 0 Å². The summed E-state index contributed by atoms with van der Waals surface area (Å²) in [6, 6.07) is 0. The summed E-state index contributed by atoms with van der Waals surface area (Å²) in [6.45, 7) is 4.95. The molecule has 0 aliphatic rings. The van der Waals surface area contributed by atoms with Gasteiger partial charge in [-0.05, 0) is 13.3 Å². The summed E-state index contributed by atoms with van der Waals surface area (Å²) >= 11 is 0. The van der Waals surface area contributed by atoms with Gasteiger partial charge in [-0.25, -0.2) is 0 Å². The molecule has 0 aliphatic heterocycles. The first-order valence-corrected chi connectivity index (χ1v) is 4.10. The fraction of sp³-hybridized carbons (Fsp3) is 0.875. The van der Waals surface area contributed by atoms with Crippen LogP contribution in [-0.4, -0.2) is 31.7 Å². The van der Waals surface area contributed by atoms with Crippen molar-refractivity contribution in [2.75, 3.05) is 20.3 Å². The lowest BCUT2D eigenvalue weighted by Gasteiger charge is -2.25. The van der Waals surface area contributed by atoms with Crippen LogP contribution in [-0.2, 0) is 9.53 Å². The molecule has 4 heteroatoms. The molecule has 0 radical (unpaired) electrons. The van der Waals surface area contributed by atoms with Gasteiger partial charge in [0.15, 0.2) is 0 Å². The van der Waals surface area contributed by atoms with E-state index in [0.717, 1.165) is 0 Å². The average molecular weight is 174 g/mol. The Hall–Kier alpha value is -0.610. The molecule has 0 aromatic heterocycles. The predicted octanol–water partition coefficient (Wildman–Crippen LogP) is -0.124. The van der Waals surface area contributed by atoms with Crippen molar-refractivity contribution in [3.05, 3.63) is 0 Å². The molecule has 0 spiro atoms. The first-order chi connectivity index (χ1) is 5.56. The summed E-state index contributed by atoms with van der Waals surface area (Å²) in [5.74, 6) is -0.318. The van der Waals surface area contributed by atoms with E-state index in [1.807, 2.05) is 6.92 Å². The molecule has 0 saturated carbocycles. The summed E-state index contributed by atoms with van der Waals surface area (Å²) < 4.78 is 4.85. The van der Waals surface area contributed by atoms with Crippen LogP contribution in [0.4, 0.5) is 0 Å². The molecule has 1 unspecified atom stereocenters. The van der Waals surface area contributed by atoms with Crippen LogP contribution in [0, 0.1) is 0 Å². The normalized spacial score (nSPS) is 15.6. The fourth-order valence-corrected chi connectivity index (χ4v) is 0.815. The van der Waals surface area contributed by atoms with Crippen molar-refractivity contribution in [1.82, 2.24) is 5.32 Å². The van der Waals surface area contributed by atoms with E-state index >= 15 is 0 Å². The van der Waals surface area contributed by atoms with Crippen LogP contribution in [0.1, 0.15) is 20.3 Å². The highest BCUT2D eigenvalue weighted by Crippen LogP contribution is 2.06. The maximum Gasteiger partial charge on any atom is 0.237 e. The number of amides is 1. The van der Waals surface area contributed by atoms with Crippen LogP contribution in [0.25, 0.3) is 0 Å². The van der Waals surface area contributed by atoms with Crippen LogP contribution in [0.5, 0.6) is 0 Å². The minimum atomic E-state index is -0.599. The molecule has 1 atom stereocenters. The minimum Gasteiger partial charge on any atom is -0.383 e. The molecule has 0 aromatic rings. The molecule has 0 aromatic carbocycles. The van der Waals surface area contributed by atoms with Gasteiger partial charge >= 0.3 is 0 Å². The number of primary amides is 1. The van der Waals surface area contributed by atoms with E-state index in [4.69, 9.17) is 10.5 Å². The lowest BCUT2D eigenvalue weighted by atomic mass is 9.98. The molecular weight excluding hydrogens is 156 g/mol. The van der Waals surface area contributed by atoms with Crippen molar-refractivity contribution >= 4 is 5.91 Å².